The van der Waals surface area contributed by atoms with E-state index in [9.17, 15) is 0 Å². The maximum absolute atomic E-state index is 5.64. The van der Waals surface area contributed by atoms with Gasteiger partial charge in [0.05, 0.1) is 17.8 Å². The standard InChI is InChI=1S/C18H16N4S2/c23-18-21-16(14-4-1-2-8-20-14)17(15-5-3-11-24-15)22(18)12-13-6-9-19-10-7-13/h1-11,16-17H,12H2,(H,21,23)/t16-,17-/m1/s1. The van der Waals surface area contributed by atoms with Crippen LogP contribution >= 0.6 is 23.6 Å². The van der Waals surface area contributed by atoms with Crippen LogP contribution < -0.4 is 5.32 Å². The minimum absolute atomic E-state index is 0.0548. The first kappa shape index (κ1) is 15.2. The summed E-state index contributed by atoms with van der Waals surface area (Å²) >= 11 is 7.40. The minimum Gasteiger partial charge on any atom is -0.352 e. The molecule has 0 unspecified atom stereocenters. The molecule has 0 saturated carbocycles. The highest BCUT2D eigenvalue weighted by Gasteiger charge is 2.40. The quantitative estimate of drug-likeness (QED) is 0.725. The Balaban J connectivity index is 1.71. The van der Waals surface area contributed by atoms with Crippen LogP contribution in [0.3, 0.4) is 0 Å². The van der Waals surface area contributed by atoms with E-state index in [2.05, 4.69) is 43.8 Å². The maximum atomic E-state index is 5.64. The van der Waals surface area contributed by atoms with Gasteiger partial charge in [-0.15, -0.1) is 11.3 Å². The average molecular weight is 352 g/mol. The summed E-state index contributed by atoms with van der Waals surface area (Å²) in [5.74, 6) is 0. The van der Waals surface area contributed by atoms with E-state index in [1.54, 1.807) is 11.3 Å². The van der Waals surface area contributed by atoms with Gasteiger partial charge in [0.1, 0.15) is 0 Å². The molecule has 2 atom stereocenters. The lowest BCUT2D eigenvalue weighted by atomic mass is 10.0. The highest BCUT2D eigenvalue weighted by atomic mass is 32.1. The zero-order chi connectivity index (χ0) is 16.4. The number of nitrogens with zero attached hydrogens (tertiary/aromatic N) is 3. The zero-order valence-electron chi connectivity index (χ0n) is 12.9. The molecule has 1 saturated heterocycles. The first-order valence-corrected chi connectivity index (χ1v) is 9.02. The summed E-state index contributed by atoms with van der Waals surface area (Å²) in [4.78, 5) is 12.2. The van der Waals surface area contributed by atoms with E-state index in [1.165, 1.54) is 10.4 Å². The summed E-state index contributed by atoms with van der Waals surface area (Å²) in [6.07, 6.45) is 5.47. The van der Waals surface area contributed by atoms with Gasteiger partial charge in [0, 0.05) is 30.0 Å². The molecule has 0 spiro atoms. The van der Waals surface area contributed by atoms with Crippen LogP contribution in [-0.2, 0) is 6.54 Å². The molecule has 1 N–H and O–H groups in total. The molecule has 0 aliphatic carbocycles. The van der Waals surface area contributed by atoms with Crippen LogP contribution in [0.1, 0.15) is 28.2 Å². The second-order valence-corrected chi connectivity index (χ2v) is 6.99. The topological polar surface area (TPSA) is 41.1 Å². The van der Waals surface area contributed by atoms with Gasteiger partial charge in [-0.2, -0.15) is 0 Å². The lowest BCUT2D eigenvalue weighted by Gasteiger charge is -2.26. The molecule has 4 rings (SSSR count). The van der Waals surface area contributed by atoms with Crippen molar-refractivity contribution in [2.24, 2.45) is 0 Å². The van der Waals surface area contributed by atoms with Gasteiger partial charge < -0.3 is 10.2 Å². The van der Waals surface area contributed by atoms with Crippen molar-refractivity contribution < 1.29 is 0 Å². The molecule has 1 aliphatic rings. The van der Waals surface area contributed by atoms with Crippen molar-refractivity contribution in [1.29, 1.82) is 0 Å². The molecule has 1 aliphatic heterocycles. The third-order valence-corrected chi connectivity index (χ3v) is 5.43. The lowest BCUT2D eigenvalue weighted by Crippen LogP contribution is -2.28. The Hall–Kier alpha value is -2.31. The zero-order valence-corrected chi connectivity index (χ0v) is 14.5. The summed E-state index contributed by atoms with van der Waals surface area (Å²) in [5.41, 5.74) is 2.20. The predicted molar refractivity (Wildman–Crippen MR) is 99.6 cm³/mol. The smallest absolute Gasteiger partial charge is 0.170 e. The molecule has 0 aromatic carbocycles. The third-order valence-electron chi connectivity index (χ3n) is 4.13. The van der Waals surface area contributed by atoms with Crippen molar-refractivity contribution in [3.63, 3.8) is 0 Å². The molecule has 1 fully saturated rings. The van der Waals surface area contributed by atoms with Crippen molar-refractivity contribution in [1.82, 2.24) is 20.2 Å². The second-order valence-electron chi connectivity index (χ2n) is 5.63. The van der Waals surface area contributed by atoms with Gasteiger partial charge in [-0.1, -0.05) is 12.1 Å². The molecule has 6 heteroatoms. The second kappa shape index (κ2) is 6.67. The van der Waals surface area contributed by atoms with Gasteiger partial charge in [-0.25, -0.2) is 0 Å². The number of aromatic nitrogens is 2. The van der Waals surface area contributed by atoms with Gasteiger partial charge in [0.2, 0.25) is 0 Å². The molecular formula is C18H16N4S2. The number of thiophene rings is 1. The molecule has 120 valence electrons. The van der Waals surface area contributed by atoms with Crippen molar-refractivity contribution in [3.05, 3.63) is 82.6 Å². The molecule has 0 bridgehead atoms. The molecule has 0 radical (unpaired) electrons. The minimum atomic E-state index is 0.0548. The highest BCUT2D eigenvalue weighted by Crippen LogP contribution is 2.40. The monoisotopic (exact) mass is 352 g/mol. The molecule has 4 heterocycles. The Morgan fingerprint density at radius 2 is 1.96 bits per heavy atom. The molecular weight excluding hydrogens is 336 g/mol. The summed E-state index contributed by atoms with van der Waals surface area (Å²) in [6.45, 7) is 0.750. The van der Waals surface area contributed by atoms with E-state index in [0.717, 1.165) is 17.4 Å². The Morgan fingerprint density at radius 1 is 1.08 bits per heavy atom. The number of hydrogen-bond acceptors (Lipinski definition) is 4. The number of nitrogens with one attached hydrogen (secondary N) is 1. The molecule has 0 amide bonds. The highest BCUT2D eigenvalue weighted by molar-refractivity contribution is 7.80. The number of pyridine rings is 2. The predicted octanol–water partition coefficient (Wildman–Crippen LogP) is 3.71. The third kappa shape index (κ3) is 2.90. The van der Waals surface area contributed by atoms with E-state index in [1.807, 2.05) is 42.9 Å². The fourth-order valence-corrected chi connectivity index (χ4v) is 4.21. The number of rotatable bonds is 4. The van der Waals surface area contributed by atoms with Crippen molar-refractivity contribution in [2.75, 3.05) is 0 Å². The van der Waals surface area contributed by atoms with Gasteiger partial charge in [0.25, 0.3) is 0 Å². The van der Waals surface area contributed by atoms with Gasteiger partial charge >= 0.3 is 0 Å². The lowest BCUT2D eigenvalue weighted by molar-refractivity contribution is 0.315. The molecule has 3 aromatic heterocycles. The fourth-order valence-electron chi connectivity index (χ4n) is 3.03. The summed E-state index contributed by atoms with van der Waals surface area (Å²) in [7, 11) is 0. The van der Waals surface area contributed by atoms with Gasteiger partial charge in [-0.05, 0) is 53.5 Å². The van der Waals surface area contributed by atoms with Gasteiger partial charge in [0.15, 0.2) is 5.11 Å². The number of hydrogen-bond donors (Lipinski definition) is 1. The molecule has 24 heavy (non-hydrogen) atoms. The summed E-state index contributed by atoms with van der Waals surface area (Å²) < 4.78 is 0. The first-order valence-electron chi connectivity index (χ1n) is 7.73. The van der Waals surface area contributed by atoms with Crippen LogP contribution in [0.2, 0.25) is 0 Å². The van der Waals surface area contributed by atoms with Crippen molar-refractivity contribution >= 4 is 28.7 Å². The largest absolute Gasteiger partial charge is 0.352 e. The molecule has 3 aromatic rings. The molecule has 4 nitrogen and oxygen atoms in total. The van der Waals surface area contributed by atoms with Crippen LogP contribution in [0.25, 0.3) is 0 Å². The van der Waals surface area contributed by atoms with Crippen LogP contribution in [0, 0.1) is 0 Å². The first-order chi connectivity index (χ1) is 11.8. The number of thiocarbonyl (C=S) groups is 1. The normalized spacial score (nSPS) is 20.2. The van der Waals surface area contributed by atoms with E-state index in [4.69, 9.17) is 12.2 Å². The van der Waals surface area contributed by atoms with Crippen LogP contribution in [0.15, 0.2) is 66.4 Å². The van der Waals surface area contributed by atoms with E-state index in [-0.39, 0.29) is 12.1 Å². The van der Waals surface area contributed by atoms with E-state index >= 15 is 0 Å². The summed E-state index contributed by atoms with van der Waals surface area (Å²) in [5, 5.41) is 6.34. The Labute approximate surface area is 150 Å². The van der Waals surface area contributed by atoms with Crippen LogP contribution in [0.4, 0.5) is 0 Å². The summed E-state index contributed by atoms with van der Waals surface area (Å²) in [6, 6.07) is 14.5. The fraction of sp³-hybridized carbons (Fsp3) is 0.167. The van der Waals surface area contributed by atoms with Crippen LogP contribution in [0.5, 0.6) is 0 Å². The van der Waals surface area contributed by atoms with Gasteiger partial charge in [-0.3, -0.25) is 9.97 Å². The Kier molecular flexibility index (Phi) is 4.23. The van der Waals surface area contributed by atoms with E-state index < -0.39 is 0 Å². The SMILES string of the molecule is S=C1N[C@H](c2ccccn2)[C@@H](c2cccs2)N1Cc1ccncc1. The maximum Gasteiger partial charge on any atom is 0.170 e. The Bertz CT molecular complexity index is 806. The Morgan fingerprint density at radius 3 is 2.67 bits per heavy atom. The van der Waals surface area contributed by atoms with Crippen molar-refractivity contribution in [2.45, 2.75) is 18.6 Å². The van der Waals surface area contributed by atoms with E-state index in [0.29, 0.717) is 0 Å². The van der Waals surface area contributed by atoms with Crippen molar-refractivity contribution in [3.8, 4) is 0 Å². The van der Waals surface area contributed by atoms with Crippen LogP contribution in [-0.4, -0.2) is 20.0 Å². The average Bonchev–Trinajstić information content (AvgIpc) is 3.25.